The van der Waals surface area contributed by atoms with Gasteiger partial charge in [0.2, 0.25) is 17.7 Å². The smallest absolute Gasteiger partial charge is 0.322 e. The summed E-state index contributed by atoms with van der Waals surface area (Å²) in [6, 6.07) is 12.7. The molecule has 3 amide bonds. The minimum atomic E-state index is -3.77. The Morgan fingerprint density at radius 3 is 2.41 bits per heavy atom. The van der Waals surface area contributed by atoms with Crippen LogP contribution < -0.4 is 9.62 Å². The minimum Gasteiger partial charge on any atom is -0.406 e. The molecular weight excluding hydrogens is 462 g/mol. The van der Waals surface area contributed by atoms with Gasteiger partial charge in [-0.3, -0.25) is 28.9 Å². The van der Waals surface area contributed by atoms with E-state index in [2.05, 4.69) is 15.5 Å². The van der Waals surface area contributed by atoms with Crippen molar-refractivity contribution in [1.29, 1.82) is 0 Å². The Morgan fingerprint density at radius 1 is 0.971 bits per heavy atom. The van der Waals surface area contributed by atoms with Gasteiger partial charge in [-0.1, -0.05) is 23.3 Å². The number of anilines is 2. The fourth-order valence-corrected chi connectivity index (χ4v) is 5.44. The standard InChI is InChI=1S/C22H19N5O6S/c28-19-9-10-20(29)26(19)13-18-24-25-22(33-18)23-21(30)15-5-7-16(8-6-15)34(31,32)27-12-11-14-3-1-2-4-17(14)27/h1-8H,9-13H2,(H,23,25,30). The number of benzene rings is 2. The van der Waals surface area contributed by atoms with Gasteiger partial charge in [-0.2, -0.15) is 0 Å². The maximum atomic E-state index is 13.1. The zero-order valence-corrected chi connectivity index (χ0v) is 18.6. The largest absolute Gasteiger partial charge is 0.406 e. The molecule has 5 rings (SSSR count). The number of fused-ring (bicyclic) bond motifs is 1. The minimum absolute atomic E-state index is 0.00577. The third-order valence-corrected chi connectivity index (χ3v) is 7.51. The average Bonchev–Trinajstić information content (AvgIpc) is 3.55. The van der Waals surface area contributed by atoms with E-state index in [9.17, 15) is 22.8 Å². The maximum absolute atomic E-state index is 13.1. The van der Waals surface area contributed by atoms with E-state index in [1.54, 1.807) is 12.1 Å². The predicted octanol–water partition coefficient (Wildman–Crippen LogP) is 1.72. The molecule has 1 N–H and O–H groups in total. The lowest BCUT2D eigenvalue weighted by molar-refractivity contribution is -0.139. The van der Waals surface area contributed by atoms with Crippen molar-refractivity contribution in [3.05, 3.63) is 65.5 Å². The number of amides is 3. The Kier molecular flexibility index (Phi) is 5.36. The van der Waals surface area contributed by atoms with Crippen LogP contribution in [0, 0.1) is 0 Å². The zero-order valence-electron chi connectivity index (χ0n) is 17.8. The molecule has 174 valence electrons. The van der Waals surface area contributed by atoms with Crippen LogP contribution >= 0.6 is 0 Å². The van der Waals surface area contributed by atoms with E-state index in [1.165, 1.54) is 28.6 Å². The van der Waals surface area contributed by atoms with Crippen LogP contribution in [0.5, 0.6) is 0 Å². The molecular formula is C22H19N5O6S. The summed E-state index contributed by atoms with van der Waals surface area (Å²) in [5.41, 5.74) is 1.82. The van der Waals surface area contributed by atoms with Gasteiger partial charge in [-0.25, -0.2) is 8.42 Å². The maximum Gasteiger partial charge on any atom is 0.322 e. The Bertz CT molecular complexity index is 1380. The fraction of sp³-hybridized carbons (Fsp3) is 0.227. The molecule has 2 aliphatic rings. The van der Waals surface area contributed by atoms with Gasteiger partial charge in [0.05, 0.1) is 10.6 Å². The molecule has 1 fully saturated rings. The zero-order chi connectivity index (χ0) is 23.9. The molecule has 0 saturated carbocycles. The monoisotopic (exact) mass is 481 g/mol. The van der Waals surface area contributed by atoms with Crippen LogP contribution in [0.25, 0.3) is 0 Å². The number of hydrogen-bond acceptors (Lipinski definition) is 8. The van der Waals surface area contributed by atoms with Gasteiger partial charge in [-0.05, 0) is 42.3 Å². The Balaban J connectivity index is 1.26. The number of imide groups is 1. The van der Waals surface area contributed by atoms with Crippen molar-refractivity contribution in [3.63, 3.8) is 0 Å². The van der Waals surface area contributed by atoms with E-state index in [-0.39, 0.29) is 53.6 Å². The molecule has 12 heteroatoms. The molecule has 3 heterocycles. The van der Waals surface area contributed by atoms with E-state index in [0.29, 0.717) is 18.7 Å². The third kappa shape index (κ3) is 3.92. The van der Waals surface area contributed by atoms with Gasteiger partial charge >= 0.3 is 6.01 Å². The summed E-state index contributed by atoms with van der Waals surface area (Å²) in [6.07, 6.45) is 0.932. The number of carbonyl (C=O) groups is 3. The van der Waals surface area contributed by atoms with Gasteiger partial charge in [-0.15, -0.1) is 5.10 Å². The summed E-state index contributed by atoms with van der Waals surface area (Å²) >= 11 is 0. The van der Waals surface area contributed by atoms with Crippen molar-refractivity contribution in [1.82, 2.24) is 15.1 Å². The number of nitrogens with one attached hydrogen (secondary N) is 1. The molecule has 1 aromatic heterocycles. The van der Waals surface area contributed by atoms with Crippen LogP contribution in [-0.4, -0.2) is 47.8 Å². The molecule has 0 unspecified atom stereocenters. The first kappa shape index (κ1) is 21.8. The number of sulfonamides is 1. The summed E-state index contributed by atoms with van der Waals surface area (Å²) in [6.45, 7) is 0.199. The molecule has 2 aromatic carbocycles. The lowest BCUT2D eigenvalue weighted by Crippen LogP contribution is -2.29. The van der Waals surface area contributed by atoms with Crippen molar-refractivity contribution >= 4 is 39.4 Å². The Morgan fingerprint density at radius 2 is 1.68 bits per heavy atom. The SMILES string of the molecule is O=C(Nc1nnc(CN2C(=O)CCC2=O)o1)c1ccc(S(=O)(=O)N2CCc3ccccc32)cc1. The van der Waals surface area contributed by atoms with Crippen molar-refractivity contribution in [2.24, 2.45) is 0 Å². The Hall–Kier alpha value is -4.06. The first-order chi connectivity index (χ1) is 16.3. The number of para-hydroxylation sites is 1. The van der Waals surface area contributed by atoms with Crippen LogP contribution in [0.3, 0.4) is 0 Å². The van der Waals surface area contributed by atoms with Gasteiger partial charge in [0.15, 0.2) is 0 Å². The number of likely N-dealkylation sites (tertiary alicyclic amines) is 1. The number of carbonyl (C=O) groups excluding carboxylic acids is 3. The molecule has 0 spiro atoms. The highest BCUT2D eigenvalue weighted by atomic mass is 32.2. The molecule has 34 heavy (non-hydrogen) atoms. The first-order valence-corrected chi connectivity index (χ1v) is 11.9. The number of rotatable bonds is 6. The lowest BCUT2D eigenvalue weighted by atomic mass is 10.2. The van der Waals surface area contributed by atoms with Gasteiger partial charge in [0, 0.05) is 24.9 Å². The van der Waals surface area contributed by atoms with Crippen LogP contribution in [0.2, 0.25) is 0 Å². The average molecular weight is 481 g/mol. The summed E-state index contributed by atoms with van der Waals surface area (Å²) < 4.78 is 32.9. The highest BCUT2D eigenvalue weighted by Crippen LogP contribution is 2.32. The molecule has 0 radical (unpaired) electrons. The molecule has 0 bridgehead atoms. The quantitative estimate of drug-likeness (QED) is 0.525. The number of aromatic nitrogens is 2. The molecule has 11 nitrogen and oxygen atoms in total. The van der Waals surface area contributed by atoms with Crippen molar-refractivity contribution in [2.45, 2.75) is 30.7 Å². The van der Waals surface area contributed by atoms with E-state index in [0.717, 1.165) is 10.5 Å². The Labute approximate surface area is 194 Å². The van der Waals surface area contributed by atoms with E-state index < -0.39 is 15.9 Å². The van der Waals surface area contributed by atoms with Crippen LogP contribution in [0.15, 0.2) is 57.8 Å². The molecule has 0 atom stereocenters. The fourth-order valence-electron chi connectivity index (χ4n) is 3.93. The van der Waals surface area contributed by atoms with Crippen LogP contribution in [0.4, 0.5) is 11.7 Å². The molecule has 0 aliphatic carbocycles. The van der Waals surface area contributed by atoms with Crippen molar-refractivity contribution in [3.8, 4) is 0 Å². The molecule has 3 aromatic rings. The van der Waals surface area contributed by atoms with Crippen LogP contribution in [0.1, 0.15) is 34.7 Å². The second-order valence-corrected chi connectivity index (χ2v) is 9.67. The topological polar surface area (TPSA) is 143 Å². The second kappa shape index (κ2) is 8.37. The summed E-state index contributed by atoms with van der Waals surface area (Å²) in [7, 11) is -3.77. The summed E-state index contributed by atoms with van der Waals surface area (Å²) in [5.74, 6) is -1.22. The second-order valence-electron chi connectivity index (χ2n) is 7.81. The van der Waals surface area contributed by atoms with Crippen molar-refractivity contribution < 1.29 is 27.2 Å². The highest BCUT2D eigenvalue weighted by molar-refractivity contribution is 7.92. The van der Waals surface area contributed by atoms with Crippen molar-refractivity contribution in [2.75, 3.05) is 16.2 Å². The van der Waals surface area contributed by atoms with E-state index in [4.69, 9.17) is 4.42 Å². The van der Waals surface area contributed by atoms with E-state index in [1.807, 2.05) is 12.1 Å². The predicted molar refractivity (Wildman–Crippen MR) is 118 cm³/mol. The van der Waals surface area contributed by atoms with Gasteiger partial charge < -0.3 is 4.42 Å². The van der Waals surface area contributed by atoms with E-state index >= 15 is 0 Å². The number of nitrogens with zero attached hydrogens (tertiary/aromatic N) is 4. The molecule has 1 saturated heterocycles. The van der Waals surface area contributed by atoms with Gasteiger partial charge in [0.1, 0.15) is 6.54 Å². The third-order valence-electron chi connectivity index (χ3n) is 5.68. The molecule has 2 aliphatic heterocycles. The normalized spacial score (nSPS) is 15.6. The highest BCUT2D eigenvalue weighted by Gasteiger charge is 2.31. The van der Waals surface area contributed by atoms with Gasteiger partial charge in [0.25, 0.3) is 15.9 Å². The number of hydrogen-bond donors (Lipinski definition) is 1. The first-order valence-electron chi connectivity index (χ1n) is 10.5. The summed E-state index contributed by atoms with van der Waals surface area (Å²) in [5, 5.41) is 9.87. The lowest BCUT2D eigenvalue weighted by Gasteiger charge is -2.19. The van der Waals surface area contributed by atoms with Crippen LogP contribution in [-0.2, 0) is 32.6 Å². The summed E-state index contributed by atoms with van der Waals surface area (Å²) in [4.78, 5) is 37.0.